The Morgan fingerprint density at radius 1 is 1.13 bits per heavy atom. The maximum Gasteiger partial charge on any atom is 0.326 e. The molecule has 0 bridgehead atoms. The van der Waals surface area contributed by atoms with Crippen LogP contribution in [0, 0.1) is 25.2 Å². The Bertz CT molecular complexity index is 1540. The summed E-state index contributed by atoms with van der Waals surface area (Å²) in [5.74, 6) is -0.843. The van der Waals surface area contributed by atoms with Gasteiger partial charge in [0.2, 0.25) is 0 Å². The van der Waals surface area contributed by atoms with Crippen molar-refractivity contribution in [1.82, 2.24) is 25.3 Å². The number of benzene rings is 2. The van der Waals surface area contributed by atoms with E-state index in [0.717, 1.165) is 28.3 Å². The van der Waals surface area contributed by atoms with Crippen molar-refractivity contribution in [3.05, 3.63) is 100.0 Å². The van der Waals surface area contributed by atoms with Crippen molar-refractivity contribution in [1.29, 1.82) is 5.26 Å². The van der Waals surface area contributed by atoms with Gasteiger partial charge >= 0.3 is 5.97 Å². The normalized spacial score (nSPS) is 11.4. The van der Waals surface area contributed by atoms with Crippen molar-refractivity contribution in [2.24, 2.45) is 0 Å². The first-order valence-corrected chi connectivity index (χ1v) is 12.5. The number of nitrogens with zero attached hydrogens (tertiary/aromatic N) is 5. The van der Waals surface area contributed by atoms with Gasteiger partial charge in [0.15, 0.2) is 0 Å². The van der Waals surface area contributed by atoms with E-state index in [1.165, 1.54) is 0 Å². The lowest BCUT2D eigenvalue weighted by Gasteiger charge is -2.18. The molecule has 0 spiro atoms. The fourth-order valence-corrected chi connectivity index (χ4v) is 4.30. The van der Waals surface area contributed by atoms with E-state index < -0.39 is 17.9 Å². The Labute approximate surface area is 226 Å². The van der Waals surface area contributed by atoms with Gasteiger partial charge in [0.1, 0.15) is 17.6 Å². The van der Waals surface area contributed by atoms with Gasteiger partial charge in [-0.3, -0.25) is 4.79 Å². The number of carbonyl (C=O) groups is 2. The second-order valence-corrected chi connectivity index (χ2v) is 9.25. The predicted molar refractivity (Wildman–Crippen MR) is 146 cm³/mol. The van der Waals surface area contributed by atoms with Crippen LogP contribution in [-0.4, -0.2) is 43.0 Å². The lowest BCUT2D eigenvalue weighted by atomic mass is 9.96. The van der Waals surface area contributed by atoms with Crippen LogP contribution in [0.4, 0.5) is 5.82 Å². The molecule has 198 valence electrons. The number of rotatable bonds is 10. The van der Waals surface area contributed by atoms with Gasteiger partial charge in [-0.05, 0) is 78.9 Å². The highest BCUT2D eigenvalue weighted by atomic mass is 16.4. The van der Waals surface area contributed by atoms with Gasteiger partial charge in [-0.2, -0.15) is 5.26 Å². The summed E-state index contributed by atoms with van der Waals surface area (Å²) in [5, 5.41) is 33.3. The van der Waals surface area contributed by atoms with Crippen molar-refractivity contribution in [2.45, 2.75) is 46.2 Å². The van der Waals surface area contributed by atoms with E-state index >= 15 is 0 Å². The average molecular weight is 524 g/mol. The van der Waals surface area contributed by atoms with Crippen LogP contribution in [0.1, 0.15) is 50.8 Å². The van der Waals surface area contributed by atoms with Crippen LogP contribution in [0.5, 0.6) is 0 Å². The van der Waals surface area contributed by atoms with E-state index in [0.29, 0.717) is 35.2 Å². The molecule has 0 fully saturated rings. The van der Waals surface area contributed by atoms with Crippen LogP contribution >= 0.6 is 0 Å². The molecule has 4 aromatic rings. The average Bonchev–Trinajstić information content (AvgIpc) is 3.40. The maximum absolute atomic E-state index is 13.1. The molecule has 0 radical (unpaired) electrons. The highest BCUT2D eigenvalue weighted by molar-refractivity contribution is 5.99. The fourth-order valence-electron chi connectivity index (χ4n) is 4.30. The van der Waals surface area contributed by atoms with E-state index in [1.54, 1.807) is 42.1 Å². The van der Waals surface area contributed by atoms with Crippen molar-refractivity contribution in [3.63, 3.8) is 0 Å². The SMILES string of the molecule is CCc1cc(C#N)cc(C)c1C(=O)NC(Cc1ccc(-n2cc(CNc3cc(C)ccn3)nn2)cc1)C(=O)O. The number of aliphatic carboxylic acids is 1. The number of anilines is 1. The van der Waals surface area contributed by atoms with Gasteiger partial charge in [-0.15, -0.1) is 5.10 Å². The molecule has 0 saturated carbocycles. The van der Waals surface area contributed by atoms with Crippen LogP contribution in [-0.2, 0) is 24.2 Å². The standard InChI is InChI=1S/C29H29N7O3/c1-4-22-13-21(15-30)12-19(3)27(22)28(37)33-25(29(38)39)14-20-5-7-24(8-6-20)36-17-23(34-35-36)16-32-26-11-18(2)9-10-31-26/h5-13,17,25H,4,14,16H2,1-3H3,(H,31,32)(H,33,37)(H,38,39). The molecule has 2 aromatic heterocycles. The molecule has 10 heteroatoms. The summed E-state index contributed by atoms with van der Waals surface area (Å²) >= 11 is 0. The molecule has 0 saturated heterocycles. The highest BCUT2D eigenvalue weighted by Gasteiger charge is 2.24. The van der Waals surface area contributed by atoms with Crippen LogP contribution in [0.2, 0.25) is 0 Å². The Kier molecular flexibility index (Phi) is 8.31. The Morgan fingerprint density at radius 3 is 2.56 bits per heavy atom. The monoisotopic (exact) mass is 523 g/mol. The molecule has 10 nitrogen and oxygen atoms in total. The third kappa shape index (κ3) is 6.64. The van der Waals surface area contributed by atoms with Crippen LogP contribution in [0.25, 0.3) is 5.69 Å². The number of pyridine rings is 1. The minimum Gasteiger partial charge on any atom is -0.480 e. The zero-order chi connectivity index (χ0) is 27.9. The Morgan fingerprint density at radius 2 is 1.90 bits per heavy atom. The first-order chi connectivity index (χ1) is 18.8. The number of carbonyl (C=O) groups excluding carboxylic acids is 1. The quantitative estimate of drug-likeness (QED) is 0.285. The zero-order valence-corrected chi connectivity index (χ0v) is 22.0. The zero-order valence-electron chi connectivity index (χ0n) is 22.0. The van der Waals surface area contributed by atoms with E-state index in [9.17, 15) is 20.0 Å². The van der Waals surface area contributed by atoms with E-state index in [-0.39, 0.29) is 6.42 Å². The molecule has 1 unspecified atom stereocenters. The Hall–Kier alpha value is -5.04. The lowest BCUT2D eigenvalue weighted by molar-refractivity contribution is -0.139. The minimum atomic E-state index is -1.13. The molecule has 2 heterocycles. The van der Waals surface area contributed by atoms with Crippen molar-refractivity contribution < 1.29 is 14.7 Å². The predicted octanol–water partition coefficient (Wildman–Crippen LogP) is 3.75. The molecular weight excluding hydrogens is 494 g/mol. The fraction of sp³-hybridized carbons (Fsp3) is 0.241. The van der Waals surface area contributed by atoms with Gasteiger partial charge in [-0.1, -0.05) is 24.3 Å². The van der Waals surface area contributed by atoms with Crippen LogP contribution in [0.15, 0.2) is 60.9 Å². The third-order valence-corrected chi connectivity index (χ3v) is 6.31. The summed E-state index contributed by atoms with van der Waals surface area (Å²) < 4.78 is 1.64. The molecule has 0 aliphatic carbocycles. The Balaban J connectivity index is 1.42. The first-order valence-electron chi connectivity index (χ1n) is 12.5. The summed E-state index contributed by atoms with van der Waals surface area (Å²) in [5.41, 5.74) is 5.57. The lowest BCUT2D eigenvalue weighted by Crippen LogP contribution is -2.42. The molecule has 4 rings (SSSR count). The van der Waals surface area contributed by atoms with E-state index in [1.807, 2.05) is 44.3 Å². The molecular formula is C29H29N7O3. The van der Waals surface area contributed by atoms with Crippen LogP contribution in [0.3, 0.4) is 0 Å². The number of hydrogen-bond acceptors (Lipinski definition) is 7. The smallest absolute Gasteiger partial charge is 0.326 e. The first kappa shape index (κ1) is 27.0. The van der Waals surface area contributed by atoms with Gasteiger partial charge < -0.3 is 15.7 Å². The molecule has 1 atom stereocenters. The van der Waals surface area contributed by atoms with E-state index in [4.69, 9.17) is 0 Å². The molecule has 0 aliphatic heterocycles. The van der Waals surface area contributed by atoms with Gasteiger partial charge in [0.05, 0.1) is 30.1 Å². The summed E-state index contributed by atoms with van der Waals surface area (Å²) in [4.78, 5) is 29.3. The van der Waals surface area contributed by atoms with Crippen molar-refractivity contribution >= 4 is 17.7 Å². The number of carboxylic acids is 1. The molecule has 1 amide bonds. The number of nitriles is 1. The second kappa shape index (κ2) is 12.0. The number of carboxylic acid groups (broad SMARTS) is 1. The number of aryl methyl sites for hydroxylation is 3. The van der Waals surface area contributed by atoms with Crippen LogP contribution < -0.4 is 10.6 Å². The van der Waals surface area contributed by atoms with Gasteiger partial charge in [0.25, 0.3) is 5.91 Å². The maximum atomic E-state index is 13.1. The summed E-state index contributed by atoms with van der Waals surface area (Å²) in [7, 11) is 0. The van der Waals surface area contributed by atoms with Gasteiger partial charge in [-0.25, -0.2) is 14.5 Å². The molecule has 2 aromatic carbocycles. The largest absolute Gasteiger partial charge is 0.480 e. The summed E-state index contributed by atoms with van der Waals surface area (Å²) in [6, 6.07) is 15.4. The van der Waals surface area contributed by atoms with E-state index in [2.05, 4.69) is 32.0 Å². The molecule has 3 N–H and O–H groups in total. The van der Waals surface area contributed by atoms with Crippen molar-refractivity contribution in [2.75, 3.05) is 5.32 Å². The minimum absolute atomic E-state index is 0.105. The van der Waals surface area contributed by atoms with Gasteiger partial charge in [0, 0.05) is 18.2 Å². The highest BCUT2D eigenvalue weighted by Crippen LogP contribution is 2.19. The number of hydrogen-bond donors (Lipinski definition) is 3. The third-order valence-electron chi connectivity index (χ3n) is 6.31. The number of amides is 1. The molecule has 39 heavy (non-hydrogen) atoms. The topological polar surface area (TPSA) is 146 Å². The molecule has 0 aliphatic rings. The summed E-state index contributed by atoms with van der Waals surface area (Å²) in [6.07, 6.45) is 4.20. The van der Waals surface area contributed by atoms with Crippen molar-refractivity contribution in [3.8, 4) is 11.8 Å². The second-order valence-electron chi connectivity index (χ2n) is 9.25. The number of nitrogens with one attached hydrogen (secondary N) is 2. The summed E-state index contributed by atoms with van der Waals surface area (Å²) in [6.45, 7) is 6.10. The number of aromatic nitrogens is 4.